The number of allylic oxidation sites excluding steroid dienone is 22. The molecule has 0 saturated carbocycles. The summed E-state index contributed by atoms with van der Waals surface area (Å²) in [6, 6.07) is 0. The smallest absolute Gasteiger partial charge is 0.463 e. The molecule has 0 amide bonds. The number of aliphatic hydroxyl groups is 2. The number of hydrogen-bond acceptors (Lipinski definition) is 14. The third-order valence-electron chi connectivity index (χ3n) is 14.8. The summed E-state index contributed by atoms with van der Waals surface area (Å²) < 4.78 is 60.9. The van der Waals surface area contributed by atoms with Gasteiger partial charge in [-0.2, -0.15) is 0 Å². The van der Waals surface area contributed by atoms with Crippen LogP contribution in [0.25, 0.3) is 0 Å². The Hall–Kier alpha value is -4.31. The topological polar surface area (TPSA) is 231 Å². The second-order valence-corrected chi connectivity index (χ2v) is 26.9. The van der Waals surface area contributed by atoms with E-state index in [1.165, 1.54) is 44.9 Å². The van der Waals surface area contributed by atoms with Crippen LogP contribution in [0.5, 0.6) is 0 Å². The van der Waals surface area contributed by atoms with Gasteiger partial charge in [-0.25, -0.2) is 9.13 Å². The molecule has 0 rings (SSSR count). The molecule has 0 fully saturated rings. The number of phosphoric acid groups is 2. The van der Waals surface area contributed by atoms with Crippen LogP contribution >= 0.6 is 15.6 Å². The third-order valence-corrected chi connectivity index (χ3v) is 16.7. The largest absolute Gasteiger partial charge is 0.472 e. The van der Waals surface area contributed by atoms with Crippen molar-refractivity contribution in [1.29, 1.82) is 0 Å². The number of phosphoric ester groups is 2. The van der Waals surface area contributed by atoms with Crippen molar-refractivity contribution in [2.24, 2.45) is 0 Å². The third kappa shape index (κ3) is 70.8. The monoisotopic (exact) mass is 1370 g/mol. The number of carbonyl (C=O) groups is 3. The van der Waals surface area contributed by atoms with Crippen LogP contribution in [0, 0.1) is 0 Å². The number of carbonyl (C=O) groups excluding carboxylic acids is 3. The van der Waals surface area contributed by atoms with E-state index in [-0.39, 0.29) is 19.3 Å². The number of hydrogen-bond donors (Lipinski definition) is 4. The molecule has 95 heavy (non-hydrogen) atoms. The van der Waals surface area contributed by atoms with Crippen molar-refractivity contribution in [3.8, 4) is 0 Å². The highest BCUT2D eigenvalue weighted by molar-refractivity contribution is 7.47. The number of ether oxygens (including phenoxy) is 3. The number of esters is 3. The molecule has 0 aromatic rings. The Morgan fingerprint density at radius 2 is 0.558 bits per heavy atom. The van der Waals surface area contributed by atoms with Gasteiger partial charge in [0.05, 0.1) is 26.4 Å². The van der Waals surface area contributed by atoms with Crippen LogP contribution in [0.15, 0.2) is 134 Å². The lowest BCUT2D eigenvalue weighted by molar-refractivity contribution is -0.161. The normalized spacial score (nSPS) is 14.9. The summed E-state index contributed by atoms with van der Waals surface area (Å²) in [5.74, 6) is -1.61. The fourth-order valence-corrected chi connectivity index (χ4v) is 10.9. The average Bonchev–Trinajstić information content (AvgIpc) is 1.81. The Morgan fingerprint density at radius 3 is 0.884 bits per heavy atom. The zero-order chi connectivity index (χ0) is 69.5. The highest BCUT2D eigenvalue weighted by Crippen LogP contribution is 2.45. The van der Waals surface area contributed by atoms with Gasteiger partial charge in [0.15, 0.2) is 6.10 Å². The van der Waals surface area contributed by atoms with Gasteiger partial charge in [0.25, 0.3) is 0 Å². The molecule has 0 spiro atoms. The minimum absolute atomic E-state index is 0.0820. The second kappa shape index (κ2) is 69.6. The molecule has 0 bridgehead atoms. The molecule has 0 radical (unpaired) electrons. The van der Waals surface area contributed by atoms with Crippen molar-refractivity contribution in [3.63, 3.8) is 0 Å². The Morgan fingerprint density at radius 1 is 0.305 bits per heavy atom. The molecule has 5 unspecified atom stereocenters. The number of rotatable bonds is 68. The van der Waals surface area contributed by atoms with Crippen molar-refractivity contribution in [1.82, 2.24) is 0 Å². The van der Waals surface area contributed by atoms with Crippen molar-refractivity contribution in [3.05, 3.63) is 134 Å². The van der Waals surface area contributed by atoms with Crippen molar-refractivity contribution in [2.45, 2.75) is 296 Å². The van der Waals surface area contributed by atoms with E-state index in [0.717, 1.165) is 173 Å². The van der Waals surface area contributed by atoms with Gasteiger partial charge in [0, 0.05) is 19.3 Å². The molecule has 544 valence electrons. The van der Waals surface area contributed by atoms with Gasteiger partial charge in [-0.15, -0.1) is 0 Å². The fraction of sp³-hybridized carbons (Fsp3) is 0.675. The minimum atomic E-state index is -4.93. The van der Waals surface area contributed by atoms with E-state index < -0.39 is 91.5 Å². The molecule has 0 heterocycles. The SMILES string of the molecule is CC/C=C\C/C=C\C/C=C\C/C=C\C/C=C\CCCCCCCCCCCCCC(=O)OCC(O)COP(=O)(O)OCC(O)COP(=O)(O)OCC(COC(=O)CCCCCCCC/C=C\C/C=C\C/C=C\C/C=C\CC)OC(=O)CCCCCCC/C=C\C/C=C\CCC. The molecule has 0 aromatic carbocycles. The molecular weight excluding hydrogens is 1240 g/mol. The number of aliphatic hydroxyl groups excluding tert-OH is 2. The minimum Gasteiger partial charge on any atom is -0.463 e. The van der Waals surface area contributed by atoms with Crippen LogP contribution in [0.4, 0.5) is 0 Å². The highest BCUT2D eigenvalue weighted by Gasteiger charge is 2.29. The van der Waals surface area contributed by atoms with Gasteiger partial charge in [-0.3, -0.25) is 32.5 Å². The fourth-order valence-electron chi connectivity index (χ4n) is 9.33. The maximum absolute atomic E-state index is 12.9. The van der Waals surface area contributed by atoms with Crippen molar-refractivity contribution < 1.29 is 75.8 Å². The molecule has 16 nitrogen and oxygen atoms in total. The van der Waals surface area contributed by atoms with Crippen LogP contribution in [0.1, 0.15) is 278 Å². The zero-order valence-corrected chi connectivity index (χ0v) is 60.8. The Bertz CT molecular complexity index is 2260. The summed E-state index contributed by atoms with van der Waals surface area (Å²) in [6.07, 6.45) is 82.2. The lowest BCUT2D eigenvalue weighted by Crippen LogP contribution is -2.30. The Balaban J connectivity index is 4.54. The summed E-state index contributed by atoms with van der Waals surface area (Å²) in [5, 5.41) is 20.6. The van der Waals surface area contributed by atoms with Gasteiger partial charge in [-0.1, -0.05) is 264 Å². The molecular formula is C77H130O16P2. The van der Waals surface area contributed by atoms with E-state index in [1.54, 1.807) is 0 Å². The van der Waals surface area contributed by atoms with Crippen LogP contribution in [-0.2, 0) is 55.8 Å². The van der Waals surface area contributed by atoms with E-state index in [2.05, 4.69) is 154 Å². The molecule has 0 aliphatic heterocycles. The maximum atomic E-state index is 12.9. The predicted molar refractivity (Wildman–Crippen MR) is 390 cm³/mol. The summed E-state index contributed by atoms with van der Waals surface area (Å²) in [7, 11) is -9.79. The van der Waals surface area contributed by atoms with Gasteiger partial charge >= 0.3 is 33.6 Å². The van der Waals surface area contributed by atoms with Crippen molar-refractivity contribution >= 4 is 33.6 Å². The first-order chi connectivity index (χ1) is 46.2. The zero-order valence-electron chi connectivity index (χ0n) is 59.0. The van der Waals surface area contributed by atoms with E-state index in [0.29, 0.717) is 19.3 Å². The summed E-state index contributed by atoms with van der Waals surface area (Å²) in [4.78, 5) is 58.5. The highest BCUT2D eigenvalue weighted by atomic mass is 31.2. The summed E-state index contributed by atoms with van der Waals surface area (Å²) >= 11 is 0. The van der Waals surface area contributed by atoms with Gasteiger partial charge < -0.3 is 34.2 Å². The van der Waals surface area contributed by atoms with Crippen molar-refractivity contribution in [2.75, 3.05) is 39.6 Å². The molecule has 4 N–H and O–H groups in total. The predicted octanol–water partition coefficient (Wildman–Crippen LogP) is 20.8. The molecule has 0 saturated heterocycles. The standard InChI is InChI=1S/C77H130O16P2/c1-4-7-10-13-16-19-22-25-27-29-31-32-33-34-35-36-37-38-40-42-43-46-48-51-54-57-60-63-75(80)87-66-72(78)67-89-94(83,84)90-68-73(79)69-91-95(85,86)92-71-74(93-77(82)65-62-59-56-53-50-45-24-21-18-15-12-9-6-3)70-88-76(81)64-61-58-55-52-49-47-44-41-39-30-28-26-23-20-17-14-11-8-5-2/h7-8,10-12,15-17,19-21,24-28,31-32,34-35,39,41,72-74,78-79H,4-6,9,13-14,18,22-23,29-30,33,36-38,40,42-71H2,1-3H3,(H,83,84)(H,85,86)/b10-7-,11-8-,15-12-,19-16-,20-17-,24-21-,27-25-,28-26-,32-31-,35-34-,41-39-. The van der Waals surface area contributed by atoms with Gasteiger partial charge in [0.2, 0.25) is 0 Å². The lowest BCUT2D eigenvalue weighted by Gasteiger charge is -2.21. The molecule has 0 aliphatic carbocycles. The van der Waals surface area contributed by atoms with Gasteiger partial charge in [0.1, 0.15) is 25.4 Å². The Labute approximate surface area is 575 Å². The number of unbranched alkanes of at least 4 members (excludes halogenated alkanes) is 23. The van der Waals surface area contributed by atoms with E-state index >= 15 is 0 Å². The van der Waals surface area contributed by atoms with E-state index in [1.807, 2.05) is 0 Å². The summed E-state index contributed by atoms with van der Waals surface area (Å²) in [5.41, 5.74) is 0. The van der Waals surface area contributed by atoms with E-state index in [9.17, 15) is 43.5 Å². The van der Waals surface area contributed by atoms with Crippen LogP contribution in [-0.4, -0.2) is 95.9 Å². The molecule has 0 aliphatic rings. The summed E-state index contributed by atoms with van der Waals surface area (Å²) in [6.45, 7) is 2.34. The maximum Gasteiger partial charge on any atom is 0.472 e. The average molecular weight is 1370 g/mol. The van der Waals surface area contributed by atoms with Crippen LogP contribution in [0.2, 0.25) is 0 Å². The quantitative estimate of drug-likeness (QED) is 0.0146. The van der Waals surface area contributed by atoms with Crippen LogP contribution in [0.3, 0.4) is 0 Å². The first-order valence-electron chi connectivity index (χ1n) is 36.5. The Kier molecular flexibility index (Phi) is 66.4. The van der Waals surface area contributed by atoms with E-state index in [4.69, 9.17) is 32.3 Å². The second-order valence-electron chi connectivity index (χ2n) is 24.0. The first kappa shape index (κ1) is 90.7. The first-order valence-corrected chi connectivity index (χ1v) is 39.5. The van der Waals surface area contributed by atoms with Gasteiger partial charge in [-0.05, 0) is 128 Å². The molecule has 18 heteroatoms. The lowest BCUT2D eigenvalue weighted by atomic mass is 10.0. The van der Waals surface area contributed by atoms with Crippen LogP contribution < -0.4 is 0 Å². The molecule has 5 atom stereocenters. The molecule has 0 aromatic heterocycles.